The number of β-amino-alcohol motifs (C(OH)–C–C–N with tert-alkyl or cyclic N) is 1. The Morgan fingerprint density at radius 2 is 2.20 bits per heavy atom. The molecule has 7 nitrogen and oxygen atoms in total. The van der Waals surface area contributed by atoms with Crippen LogP contribution >= 0.6 is 11.6 Å². The summed E-state index contributed by atoms with van der Waals surface area (Å²) in [5.74, 6) is 0.908. The molecule has 1 saturated heterocycles. The van der Waals surface area contributed by atoms with E-state index in [0.29, 0.717) is 42.8 Å². The van der Waals surface area contributed by atoms with Gasteiger partial charge in [0.1, 0.15) is 0 Å². The van der Waals surface area contributed by atoms with Crippen LogP contribution in [0.25, 0.3) is 11.4 Å². The van der Waals surface area contributed by atoms with Crippen molar-refractivity contribution in [1.29, 1.82) is 0 Å². The first kappa shape index (κ1) is 17.8. The number of rotatable bonds is 6. The third-order valence-corrected chi connectivity index (χ3v) is 4.33. The Bertz CT molecular complexity index is 704. The number of carbonyl (C=O) groups excluding carboxylic acids is 1. The molecule has 2 N–H and O–H groups in total. The first-order valence-corrected chi connectivity index (χ1v) is 8.73. The maximum atomic E-state index is 12.0. The van der Waals surface area contributed by atoms with Gasteiger partial charge in [0.2, 0.25) is 17.6 Å². The Morgan fingerprint density at radius 3 is 2.96 bits per heavy atom. The van der Waals surface area contributed by atoms with E-state index in [2.05, 4.69) is 15.5 Å². The van der Waals surface area contributed by atoms with Gasteiger partial charge in [-0.05, 0) is 43.7 Å². The quantitative estimate of drug-likeness (QED) is 0.807. The minimum atomic E-state index is -0.328. The first-order valence-electron chi connectivity index (χ1n) is 8.36. The third-order valence-electron chi connectivity index (χ3n) is 4.08. The van der Waals surface area contributed by atoms with Crippen molar-refractivity contribution in [1.82, 2.24) is 20.4 Å². The average Bonchev–Trinajstić information content (AvgIpc) is 3.04. The standard InChI is InChI=1S/C17H21ClN4O3/c18-13-5-3-12(4-6-13)17-20-16(25-21-17)7-8-19-15(24)11-22-9-1-2-14(23)10-22/h3-6,14,23H,1-2,7-11H2,(H,19,24). The highest BCUT2D eigenvalue weighted by Crippen LogP contribution is 2.18. The van der Waals surface area contributed by atoms with Gasteiger partial charge in [-0.2, -0.15) is 4.98 Å². The van der Waals surface area contributed by atoms with Crippen molar-refractivity contribution in [3.63, 3.8) is 0 Å². The highest BCUT2D eigenvalue weighted by Gasteiger charge is 2.19. The topological polar surface area (TPSA) is 91.5 Å². The molecular weight excluding hydrogens is 344 g/mol. The minimum absolute atomic E-state index is 0.0634. The van der Waals surface area contributed by atoms with Gasteiger partial charge >= 0.3 is 0 Å². The number of carbonyl (C=O) groups is 1. The van der Waals surface area contributed by atoms with Gasteiger partial charge in [0.25, 0.3) is 0 Å². The van der Waals surface area contributed by atoms with Crippen LogP contribution in [0.3, 0.4) is 0 Å². The lowest BCUT2D eigenvalue weighted by Gasteiger charge is -2.29. The van der Waals surface area contributed by atoms with Crippen LogP contribution < -0.4 is 5.32 Å². The molecule has 0 spiro atoms. The number of nitrogens with zero attached hydrogens (tertiary/aromatic N) is 3. The second-order valence-electron chi connectivity index (χ2n) is 6.15. The van der Waals surface area contributed by atoms with E-state index in [1.54, 1.807) is 12.1 Å². The lowest BCUT2D eigenvalue weighted by Crippen LogP contribution is -2.44. The molecule has 1 aromatic carbocycles. The summed E-state index contributed by atoms with van der Waals surface area (Å²) < 4.78 is 5.21. The molecule has 25 heavy (non-hydrogen) atoms. The van der Waals surface area contributed by atoms with Gasteiger partial charge in [0.15, 0.2) is 0 Å². The molecule has 1 aliphatic heterocycles. The van der Waals surface area contributed by atoms with Crippen LogP contribution in [0.2, 0.25) is 5.02 Å². The molecule has 0 aliphatic carbocycles. The Labute approximate surface area is 151 Å². The number of aliphatic hydroxyl groups excluding tert-OH is 1. The van der Waals surface area contributed by atoms with Crippen LogP contribution in [0, 0.1) is 0 Å². The number of nitrogens with one attached hydrogen (secondary N) is 1. The van der Waals surface area contributed by atoms with E-state index < -0.39 is 0 Å². The van der Waals surface area contributed by atoms with Crippen molar-refractivity contribution in [3.05, 3.63) is 35.2 Å². The fraction of sp³-hybridized carbons (Fsp3) is 0.471. The highest BCUT2D eigenvalue weighted by atomic mass is 35.5. The van der Waals surface area contributed by atoms with Crippen LogP contribution in [0.15, 0.2) is 28.8 Å². The molecule has 0 bridgehead atoms. The number of halogens is 1. The number of aromatic nitrogens is 2. The molecule has 3 rings (SSSR count). The van der Waals surface area contributed by atoms with Gasteiger partial charge in [-0.15, -0.1) is 0 Å². The maximum absolute atomic E-state index is 12.0. The smallest absolute Gasteiger partial charge is 0.234 e. The van der Waals surface area contributed by atoms with Gasteiger partial charge in [-0.3, -0.25) is 9.69 Å². The van der Waals surface area contributed by atoms with Crippen molar-refractivity contribution in [2.75, 3.05) is 26.2 Å². The van der Waals surface area contributed by atoms with Gasteiger partial charge in [-0.25, -0.2) is 0 Å². The summed E-state index contributed by atoms with van der Waals surface area (Å²) in [6.07, 6.45) is 1.87. The third kappa shape index (κ3) is 5.26. The molecular formula is C17H21ClN4O3. The molecule has 1 unspecified atom stereocenters. The Balaban J connectivity index is 1.43. The molecule has 0 saturated carbocycles. The zero-order chi connectivity index (χ0) is 17.6. The van der Waals surface area contributed by atoms with Crippen molar-refractivity contribution in [3.8, 4) is 11.4 Å². The van der Waals surface area contributed by atoms with Crippen LogP contribution in [0.1, 0.15) is 18.7 Å². The van der Waals surface area contributed by atoms with Crippen LogP contribution in [-0.2, 0) is 11.2 Å². The fourth-order valence-corrected chi connectivity index (χ4v) is 2.94. The second-order valence-corrected chi connectivity index (χ2v) is 6.59. The molecule has 0 radical (unpaired) electrons. The van der Waals surface area contributed by atoms with Crippen molar-refractivity contribution in [2.24, 2.45) is 0 Å². The number of piperidine rings is 1. The van der Waals surface area contributed by atoms with Gasteiger partial charge in [0.05, 0.1) is 12.6 Å². The highest BCUT2D eigenvalue weighted by molar-refractivity contribution is 6.30. The maximum Gasteiger partial charge on any atom is 0.234 e. The predicted molar refractivity (Wildman–Crippen MR) is 93.1 cm³/mol. The Morgan fingerprint density at radius 1 is 1.40 bits per heavy atom. The summed E-state index contributed by atoms with van der Waals surface area (Å²) in [5.41, 5.74) is 0.826. The Hall–Kier alpha value is -1.96. The SMILES string of the molecule is O=C(CN1CCCC(O)C1)NCCc1nc(-c2ccc(Cl)cc2)no1. The summed E-state index contributed by atoms with van der Waals surface area (Å²) in [4.78, 5) is 18.2. The number of amides is 1. The molecule has 2 aromatic rings. The summed E-state index contributed by atoms with van der Waals surface area (Å²) in [6, 6.07) is 7.19. The molecule has 2 heterocycles. The lowest BCUT2D eigenvalue weighted by atomic mass is 10.1. The number of likely N-dealkylation sites (tertiary alicyclic amines) is 1. The predicted octanol–water partition coefficient (Wildman–Crippen LogP) is 1.51. The van der Waals surface area contributed by atoms with Crippen LogP contribution in [0.5, 0.6) is 0 Å². The largest absolute Gasteiger partial charge is 0.392 e. The summed E-state index contributed by atoms with van der Waals surface area (Å²) in [5, 5.41) is 17.1. The minimum Gasteiger partial charge on any atom is -0.392 e. The van der Waals surface area contributed by atoms with Gasteiger partial charge in [-0.1, -0.05) is 16.8 Å². The van der Waals surface area contributed by atoms with E-state index in [4.69, 9.17) is 16.1 Å². The molecule has 1 amide bonds. The first-order chi connectivity index (χ1) is 12.1. The monoisotopic (exact) mass is 364 g/mol. The van der Waals surface area contributed by atoms with E-state index in [-0.39, 0.29) is 12.0 Å². The van der Waals surface area contributed by atoms with Crippen molar-refractivity contribution >= 4 is 17.5 Å². The summed E-state index contributed by atoms with van der Waals surface area (Å²) in [6.45, 7) is 2.13. The van der Waals surface area contributed by atoms with E-state index in [0.717, 1.165) is 24.9 Å². The summed E-state index contributed by atoms with van der Waals surface area (Å²) in [7, 11) is 0. The molecule has 1 aliphatic rings. The van der Waals surface area contributed by atoms with Gasteiger partial charge in [0, 0.05) is 30.1 Å². The summed E-state index contributed by atoms with van der Waals surface area (Å²) >= 11 is 5.86. The molecule has 8 heteroatoms. The molecule has 134 valence electrons. The second kappa shape index (κ2) is 8.42. The lowest BCUT2D eigenvalue weighted by molar-refractivity contribution is -0.122. The van der Waals surface area contributed by atoms with Crippen LogP contribution in [-0.4, -0.2) is 58.3 Å². The zero-order valence-corrected chi connectivity index (χ0v) is 14.6. The Kier molecular flexibility index (Phi) is 6.01. The van der Waals surface area contributed by atoms with E-state index >= 15 is 0 Å². The number of hydrogen-bond acceptors (Lipinski definition) is 6. The number of aliphatic hydroxyl groups is 1. The van der Waals surface area contributed by atoms with Crippen LogP contribution in [0.4, 0.5) is 0 Å². The molecule has 1 aromatic heterocycles. The normalized spacial score (nSPS) is 18.2. The number of hydrogen-bond donors (Lipinski definition) is 2. The van der Waals surface area contributed by atoms with E-state index in [1.807, 2.05) is 17.0 Å². The fourth-order valence-electron chi connectivity index (χ4n) is 2.82. The zero-order valence-electron chi connectivity index (χ0n) is 13.8. The van der Waals surface area contributed by atoms with Crippen molar-refractivity contribution < 1.29 is 14.4 Å². The van der Waals surface area contributed by atoms with E-state index in [1.165, 1.54) is 0 Å². The molecule has 1 atom stereocenters. The van der Waals surface area contributed by atoms with E-state index in [9.17, 15) is 9.90 Å². The van der Waals surface area contributed by atoms with Crippen molar-refractivity contribution in [2.45, 2.75) is 25.4 Å². The average molecular weight is 365 g/mol. The number of benzene rings is 1. The van der Waals surface area contributed by atoms with Gasteiger partial charge < -0.3 is 14.9 Å². The molecule has 1 fully saturated rings.